The van der Waals surface area contributed by atoms with Gasteiger partial charge < -0.3 is 4.57 Å². The average molecular weight is 228 g/mol. The van der Waals surface area contributed by atoms with Crippen molar-refractivity contribution >= 4 is 6.29 Å². The topological polar surface area (TPSA) is 34.9 Å². The van der Waals surface area contributed by atoms with Gasteiger partial charge in [-0.3, -0.25) is 4.79 Å². The van der Waals surface area contributed by atoms with Crippen molar-refractivity contribution < 1.29 is 4.79 Å². The van der Waals surface area contributed by atoms with Crippen LogP contribution in [0.25, 0.3) is 5.69 Å². The number of aromatic nitrogens is 2. The first kappa shape index (κ1) is 11.6. The maximum Gasteiger partial charge on any atom is 0.152 e. The van der Waals surface area contributed by atoms with Crippen molar-refractivity contribution in [1.82, 2.24) is 9.55 Å². The minimum absolute atomic E-state index is 0.709. The van der Waals surface area contributed by atoms with Gasteiger partial charge in [-0.15, -0.1) is 0 Å². The molecule has 3 heteroatoms. The summed E-state index contributed by atoms with van der Waals surface area (Å²) in [4.78, 5) is 15.4. The van der Waals surface area contributed by atoms with Gasteiger partial charge in [-0.1, -0.05) is 18.6 Å². The second kappa shape index (κ2) is 4.95. The third kappa shape index (κ3) is 2.28. The lowest BCUT2D eigenvalue weighted by atomic mass is 10.1. The molecule has 0 aliphatic heterocycles. The fourth-order valence-electron chi connectivity index (χ4n) is 1.95. The number of benzene rings is 1. The van der Waals surface area contributed by atoms with Crippen molar-refractivity contribution in [3.05, 3.63) is 47.5 Å². The first-order chi connectivity index (χ1) is 8.26. The Labute approximate surface area is 101 Å². The zero-order chi connectivity index (χ0) is 12.3. The average Bonchev–Trinajstić information content (AvgIpc) is 2.77. The van der Waals surface area contributed by atoms with Crippen LogP contribution in [0.1, 0.15) is 35.1 Å². The number of aldehydes is 1. The summed E-state index contributed by atoms with van der Waals surface area (Å²) in [6, 6.07) is 5.88. The standard InChI is InChI=1S/C14H16N2O/c1-3-4-14-15-7-8-16(14)13-6-5-11(2)9-12(13)10-17/h5-10H,3-4H2,1-2H3. The van der Waals surface area contributed by atoms with E-state index in [0.717, 1.165) is 36.2 Å². The van der Waals surface area contributed by atoms with Crippen LogP contribution in [-0.4, -0.2) is 15.8 Å². The first-order valence-electron chi connectivity index (χ1n) is 5.84. The molecule has 0 bridgehead atoms. The van der Waals surface area contributed by atoms with Crippen LogP contribution in [0.4, 0.5) is 0 Å². The van der Waals surface area contributed by atoms with Gasteiger partial charge in [0.2, 0.25) is 0 Å². The van der Waals surface area contributed by atoms with E-state index in [0.29, 0.717) is 5.56 Å². The summed E-state index contributed by atoms with van der Waals surface area (Å²) in [7, 11) is 0. The predicted octanol–water partition coefficient (Wildman–Crippen LogP) is 2.95. The number of imidazole rings is 1. The molecule has 0 amide bonds. The monoisotopic (exact) mass is 228 g/mol. The van der Waals surface area contributed by atoms with E-state index in [9.17, 15) is 4.79 Å². The van der Waals surface area contributed by atoms with Crippen molar-refractivity contribution in [3.8, 4) is 5.69 Å². The van der Waals surface area contributed by atoms with Crippen molar-refractivity contribution in [2.75, 3.05) is 0 Å². The van der Waals surface area contributed by atoms with Crippen molar-refractivity contribution in [2.24, 2.45) is 0 Å². The summed E-state index contributed by atoms with van der Waals surface area (Å²) in [5, 5.41) is 0. The lowest BCUT2D eigenvalue weighted by Gasteiger charge is -2.10. The summed E-state index contributed by atoms with van der Waals surface area (Å²) >= 11 is 0. The third-order valence-electron chi connectivity index (χ3n) is 2.76. The number of carbonyl (C=O) groups is 1. The van der Waals surface area contributed by atoms with Crippen LogP contribution in [0.2, 0.25) is 0 Å². The molecule has 2 rings (SSSR count). The molecule has 0 aliphatic carbocycles. The SMILES string of the molecule is CCCc1nccn1-c1ccc(C)cc1C=O. The number of aryl methyl sites for hydroxylation is 2. The Morgan fingerprint density at radius 2 is 2.24 bits per heavy atom. The summed E-state index contributed by atoms with van der Waals surface area (Å²) in [6.07, 6.45) is 6.54. The van der Waals surface area contributed by atoms with E-state index < -0.39 is 0 Å². The lowest BCUT2D eigenvalue weighted by molar-refractivity contribution is 0.112. The molecule has 3 nitrogen and oxygen atoms in total. The van der Waals surface area contributed by atoms with E-state index in [4.69, 9.17) is 0 Å². The number of carbonyl (C=O) groups excluding carboxylic acids is 1. The van der Waals surface area contributed by atoms with Crippen LogP contribution in [-0.2, 0) is 6.42 Å². The normalized spacial score (nSPS) is 10.5. The zero-order valence-electron chi connectivity index (χ0n) is 10.2. The van der Waals surface area contributed by atoms with Gasteiger partial charge >= 0.3 is 0 Å². The zero-order valence-corrected chi connectivity index (χ0v) is 10.2. The van der Waals surface area contributed by atoms with Gasteiger partial charge in [0.05, 0.1) is 5.69 Å². The fourth-order valence-corrected chi connectivity index (χ4v) is 1.95. The molecule has 1 aromatic heterocycles. The Hall–Kier alpha value is -1.90. The molecule has 0 saturated heterocycles. The summed E-state index contributed by atoms with van der Waals surface area (Å²) in [5.41, 5.74) is 2.71. The molecule has 1 aromatic carbocycles. The van der Waals surface area contributed by atoms with E-state index in [-0.39, 0.29) is 0 Å². The first-order valence-corrected chi connectivity index (χ1v) is 5.84. The molecule has 1 heterocycles. The van der Waals surface area contributed by atoms with Gasteiger partial charge in [0.15, 0.2) is 6.29 Å². The number of nitrogens with zero attached hydrogens (tertiary/aromatic N) is 2. The van der Waals surface area contributed by atoms with Crippen LogP contribution in [0.5, 0.6) is 0 Å². The molecule has 0 aliphatic rings. The van der Waals surface area contributed by atoms with E-state index in [1.165, 1.54) is 0 Å². The van der Waals surface area contributed by atoms with E-state index in [2.05, 4.69) is 11.9 Å². The maximum atomic E-state index is 11.1. The van der Waals surface area contributed by atoms with E-state index >= 15 is 0 Å². The second-order valence-electron chi connectivity index (χ2n) is 4.14. The largest absolute Gasteiger partial charge is 0.303 e. The highest BCUT2D eigenvalue weighted by atomic mass is 16.1. The predicted molar refractivity (Wildman–Crippen MR) is 67.7 cm³/mol. The molecular formula is C14H16N2O. The quantitative estimate of drug-likeness (QED) is 0.754. The molecule has 0 N–H and O–H groups in total. The highest BCUT2D eigenvalue weighted by Gasteiger charge is 2.08. The van der Waals surface area contributed by atoms with Gasteiger partial charge in [-0.05, 0) is 25.5 Å². The second-order valence-corrected chi connectivity index (χ2v) is 4.14. The molecule has 2 aromatic rings. The van der Waals surface area contributed by atoms with Crippen molar-refractivity contribution in [2.45, 2.75) is 26.7 Å². The van der Waals surface area contributed by atoms with Gasteiger partial charge in [-0.2, -0.15) is 0 Å². The van der Waals surface area contributed by atoms with Crippen molar-refractivity contribution in [3.63, 3.8) is 0 Å². The molecule has 17 heavy (non-hydrogen) atoms. The van der Waals surface area contributed by atoms with Crippen LogP contribution < -0.4 is 0 Å². The van der Waals surface area contributed by atoms with E-state index in [1.807, 2.05) is 35.9 Å². The Bertz CT molecular complexity index is 529. The van der Waals surface area contributed by atoms with Gasteiger partial charge in [-0.25, -0.2) is 4.98 Å². The van der Waals surface area contributed by atoms with Gasteiger partial charge in [0, 0.05) is 24.4 Å². The summed E-state index contributed by atoms with van der Waals surface area (Å²) in [5.74, 6) is 0.999. The summed E-state index contributed by atoms with van der Waals surface area (Å²) < 4.78 is 1.99. The molecule has 0 radical (unpaired) electrons. The third-order valence-corrected chi connectivity index (χ3v) is 2.76. The lowest BCUT2D eigenvalue weighted by Crippen LogP contribution is -2.03. The van der Waals surface area contributed by atoms with Crippen LogP contribution in [0.15, 0.2) is 30.6 Å². The minimum atomic E-state index is 0.709. The molecular weight excluding hydrogens is 212 g/mol. The molecule has 0 saturated carbocycles. The number of hydrogen-bond acceptors (Lipinski definition) is 2. The van der Waals surface area contributed by atoms with Crippen molar-refractivity contribution in [1.29, 1.82) is 0 Å². The molecule has 0 spiro atoms. The van der Waals surface area contributed by atoms with E-state index in [1.54, 1.807) is 6.20 Å². The summed E-state index contributed by atoms with van der Waals surface area (Å²) in [6.45, 7) is 4.10. The Morgan fingerprint density at radius 3 is 2.94 bits per heavy atom. The minimum Gasteiger partial charge on any atom is -0.303 e. The number of rotatable bonds is 4. The Kier molecular flexibility index (Phi) is 3.38. The molecule has 0 fully saturated rings. The Balaban J connectivity index is 2.52. The van der Waals surface area contributed by atoms with Gasteiger partial charge in [0.25, 0.3) is 0 Å². The smallest absolute Gasteiger partial charge is 0.152 e. The van der Waals surface area contributed by atoms with Gasteiger partial charge in [0.1, 0.15) is 5.82 Å². The van der Waals surface area contributed by atoms with Crippen LogP contribution >= 0.6 is 0 Å². The fraction of sp³-hybridized carbons (Fsp3) is 0.286. The molecule has 88 valence electrons. The van der Waals surface area contributed by atoms with Crippen LogP contribution in [0, 0.1) is 6.92 Å². The molecule has 0 unspecified atom stereocenters. The highest BCUT2D eigenvalue weighted by molar-refractivity contribution is 5.81. The Morgan fingerprint density at radius 1 is 1.41 bits per heavy atom. The molecule has 0 atom stereocenters. The van der Waals surface area contributed by atoms with Crippen LogP contribution in [0.3, 0.4) is 0 Å². The highest BCUT2D eigenvalue weighted by Crippen LogP contribution is 2.17. The maximum absolute atomic E-state index is 11.1. The number of hydrogen-bond donors (Lipinski definition) is 0.